The van der Waals surface area contributed by atoms with Crippen LogP contribution in [0, 0.1) is 0 Å². The van der Waals surface area contributed by atoms with Crippen molar-refractivity contribution in [2.24, 2.45) is 0 Å². The summed E-state index contributed by atoms with van der Waals surface area (Å²) in [5, 5.41) is 10.7. The maximum atomic E-state index is 2.44. The first-order chi connectivity index (χ1) is 16.0. The van der Waals surface area contributed by atoms with E-state index in [1.807, 2.05) is 0 Å². The summed E-state index contributed by atoms with van der Waals surface area (Å²) in [4.78, 5) is 0. The number of rotatable bonds is 1. The van der Waals surface area contributed by atoms with E-state index in [2.05, 4.69) is 122 Å². The summed E-state index contributed by atoms with van der Waals surface area (Å²) in [5.41, 5.74) is 5.23. The number of para-hydroxylation sites is 1. The molecule has 0 bridgehead atoms. The van der Waals surface area contributed by atoms with Gasteiger partial charge < -0.3 is 4.57 Å². The predicted molar refractivity (Wildman–Crippen MR) is 143 cm³/mol. The highest BCUT2D eigenvalue weighted by atomic mass is 15.0. The van der Waals surface area contributed by atoms with Gasteiger partial charge in [-0.05, 0) is 67.6 Å². The quantitative estimate of drug-likeness (QED) is 0.232. The minimum absolute atomic E-state index is 0.142. The van der Waals surface area contributed by atoms with E-state index in [1.54, 1.807) is 0 Å². The molecule has 0 atom stereocenters. The molecule has 0 amide bonds. The zero-order valence-electron chi connectivity index (χ0n) is 19.2. The van der Waals surface area contributed by atoms with Gasteiger partial charge in [0, 0.05) is 16.5 Å². The predicted octanol–water partition coefficient (Wildman–Crippen LogP) is 8.98. The second-order valence-corrected chi connectivity index (χ2v) is 10.3. The Hall–Kier alpha value is -3.84. The molecule has 158 valence electrons. The lowest BCUT2D eigenvalue weighted by molar-refractivity contribution is 0.590. The average molecular weight is 424 g/mol. The summed E-state index contributed by atoms with van der Waals surface area (Å²) < 4.78 is 2.44. The Morgan fingerprint density at radius 3 is 1.97 bits per heavy atom. The molecular weight excluding hydrogens is 398 g/mol. The van der Waals surface area contributed by atoms with Crippen LogP contribution < -0.4 is 0 Å². The monoisotopic (exact) mass is 423 g/mol. The minimum Gasteiger partial charge on any atom is -0.309 e. The van der Waals surface area contributed by atoms with Gasteiger partial charge in [-0.25, -0.2) is 0 Å². The third kappa shape index (κ3) is 2.54. The highest BCUT2D eigenvalue weighted by molar-refractivity contribution is 6.32. The molecule has 0 fully saturated rings. The van der Waals surface area contributed by atoms with Crippen molar-refractivity contribution in [2.45, 2.75) is 26.2 Å². The summed E-state index contributed by atoms with van der Waals surface area (Å²) in [6.07, 6.45) is 0. The van der Waals surface area contributed by atoms with E-state index < -0.39 is 0 Å². The Morgan fingerprint density at radius 2 is 1.21 bits per heavy atom. The first-order valence-corrected chi connectivity index (χ1v) is 11.7. The van der Waals surface area contributed by atoms with E-state index in [4.69, 9.17) is 0 Å². The maximum Gasteiger partial charge on any atom is 0.0553 e. The molecule has 0 radical (unpaired) electrons. The second-order valence-electron chi connectivity index (χ2n) is 10.3. The molecule has 0 aliphatic rings. The van der Waals surface area contributed by atoms with Gasteiger partial charge in [0.15, 0.2) is 0 Å². The van der Waals surface area contributed by atoms with Crippen molar-refractivity contribution in [3.63, 3.8) is 0 Å². The van der Waals surface area contributed by atoms with Gasteiger partial charge in [-0.2, -0.15) is 0 Å². The van der Waals surface area contributed by atoms with Crippen LogP contribution in [0.15, 0.2) is 97.1 Å². The van der Waals surface area contributed by atoms with Crippen LogP contribution in [0.5, 0.6) is 0 Å². The Balaban J connectivity index is 1.66. The van der Waals surface area contributed by atoms with Gasteiger partial charge in [0.1, 0.15) is 0 Å². The van der Waals surface area contributed by atoms with Crippen LogP contribution in [0.4, 0.5) is 0 Å². The number of fused-ring (bicyclic) bond motifs is 4. The second kappa shape index (κ2) is 6.36. The van der Waals surface area contributed by atoms with E-state index in [9.17, 15) is 0 Å². The highest BCUT2D eigenvalue weighted by Crippen LogP contribution is 2.43. The Kier molecular flexibility index (Phi) is 3.60. The van der Waals surface area contributed by atoms with Crippen LogP contribution in [0.1, 0.15) is 26.3 Å². The molecule has 0 N–H and O–H groups in total. The standard InChI is InChI=1S/C32H25N/c1-32(2,3)23-14-16-24(17-15-23)33-27-10-5-4-9-25(27)31-26-18-13-21-8-6-7-20-11-12-22(19-28(31)33)30(26)29(20)21/h4-19H,1-3H3. The molecule has 0 saturated carbocycles. The van der Waals surface area contributed by atoms with Crippen LogP contribution in [0.25, 0.3) is 59.8 Å². The molecule has 0 aliphatic heterocycles. The molecule has 0 unspecified atom stereocenters. The number of aromatic nitrogens is 1. The molecule has 7 aromatic rings. The molecule has 1 heterocycles. The fourth-order valence-electron chi connectivity index (χ4n) is 5.65. The van der Waals surface area contributed by atoms with Gasteiger partial charge in [-0.1, -0.05) is 93.6 Å². The average Bonchev–Trinajstić information content (AvgIpc) is 3.16. The summed E-state index contributed by atoms with van der Waals surface area (Å²) >= 11 is 0. The fourth-order valence-corrected chi connectivity index (χ4v) is 5.65. The number of nitrogens with zero attached hydrogens (tertiary/aromatic N) is 1. The normalized spacial score (nSPS) is 12.7. The zero-order valence-corrected chi connectivity index (χ0v) is 19.2. The summed E-state index contributed by atoms with van der Waals surface area (Å²) in [5.74, 6) is 0. The molecule has 6 aromatic carbocycles. The SMILES string of the molecule is CC(C)(C)c1ccc(-n2c3ccccc3c3c4ccc5cccc6ccc(cc32)c4c65)cc1. The zero-order chi connectivity index (χ0) is 22.3. The third-order valence-corrected chi connectivity index (χ3v) is 7.27. The highest BCUT2D eigenvalue weighted by Gasteiger charge is 2.19. The van der Waals surface area contributed by atoms with Gasteiger partial charge in [0.25, 0.3) is 0 Å². The van der Waals surface area contributed by atoms with Crippen LogP contribution in [0.3, 0.4) is 0 Å². The molecular formula is C32H25N. The number of hydrogen-bond acceptors (Lipinski definition) is 0. The van der Waals surface area contributed by atoms with Gasteiger partial charge >= 0.3 is 0 Å². The lowest BCUT2D eigenvalue weighted by Gasteiger charge is -2.19. The largest absolute Gasteiger partial charge is 0.309 e. The molecule has 7 rings (SSSR count). The summed E-state index contributed by atoms with van der Waals surface area (Å²) in [6, 6.07) is 36.1. The molecule has 1 heteroatoms. The Morgan fingerprint density at radius 1 is 0.515 bits per heavy atom. The topological polar surface area (TPSA) is 4.93 Å². The molecule has 0 saturated heterocycles. The lowest BCUT2D eigenvalue weighted by Crippen LogP contribution is -2.10. The maximum absolute atomic E-state index is 2.44. The molecule has 0 aliphatic carbocycles. The van der Waals surface area contributed by atoms with Crippen LogP contribution in [0.2, 0.25) is 0 Å². The minimum atomic E-state index is 0.142. The summed E-state index contributed by atoms with van der Waals surface area (Å²) in [6.45, 7) is 6.80. The van der Waals surface area contributed by atoms with E-state index in [0.717, 1.165) is 0 Å². The lowest BCUT2D eigenvalue weighted by atomic mass is 9.87. The van der Waals surface area contributed by atoms with Crippen LogP contribution in [-0.4, -0.2) is 4.57 Å². The molecule has 33 heavy (non-hydrogen) atoms. The number of benzene rings is 6. The van der Waals surface area contributed by atoms with E-state index in [1.165, 1.54) is 65.4 Å². The van der Waals surface area contributed by atoms with Gasteiger partial charge in [-0.15, -0.1) is 0 Å². The van der Waals surface area contributed by atoms with E-state index in [0.29, 0.717) is 0 Å². The summed E-state index contributed by atoms with van der Waals surface area (Å²) in [7, 11) is 0. The van der Waals surface area contributed by atoms with Crippen molar-refractivity contribution in [3.8, 4) is 5.69 Å². The van der Waals surface area contributed by atoms with E-state index in [-0.39, 0.29) is 5.41 Å². The van der Waals surface area contributed by atoms with Crippen LogP contribution in [-0.2, 0) is 5.41 Å². The molecule has 1 aromatic heterocycles. The van der Waals surface area contributed by atoms with Crippen molar-refractivity contribution >= 4 is 54.1 Å². The Labute approximate surface area is 193 Å². The Bertz CT molecular complexity index is 1810. The number of hydrogen-bond donors (Lipinski definition) is 0. The van der Waals surface area contributed by atoms with Gasteiger partial charge in [0.05, 0.1) is 11.0 Å². The van der Waals surface area contributed by atoms with Crippen molar-refractivity contribution in [1.82, 2.24) is 4.57 Å². The first-order valence-electron chi connectivity index (χ1n) is 11.7. The molecule has 1 nitrogen and oxygen atoms in total. The van der Waals surface area contributed by atoms with Crippen LogP contribution >= 0.6 is 0 Å². The molecule has 0 spiro atoms. The van der Waals surface area contributed by atoms with Gasteiger partial charge in [0.2, 0.25) is 0 Å². The fraction of sp³-hybridized carbons (Fsp3) is 0.125. The van der Waals surface area contributed by atoms with E-state index >= 15 is 0 Å². The van der Waals surface area contributed by atoms with Crippen molar-refractivity contribution < 1.29 is 0 Å². The third-order valence-electron chi connectivity index (χ3n) is 7.27. The van der Waals surface area contributed by atoms with Gasteiger partial charge in [-0.3, -0.25) is 0 Å². The van der Waals surface area contributed by atoms with Crippen molar-refractivity contribution in [1.29, 1.82) is 0 Å². The van der Waals surface area contributed by atoms with Crippen molar-refractivity contribution in [2.75, 3.05) is 0 Å². The smallest absolute Gasteiger partial charge is 0.0553 e. The first kappa shape index (κ1) is 18.7. The van der Waals surface area contributed by atoms with Crippen molar-refractivity contribution in [3.05, 3.63) is 103 Å².